The van der Waals surface area contributed by atoms with Crippen LogP contribution in [0, 0.1) is 0 Å². The van der Waals surface area contributed by atoms with E-state index in [1.54, 1.807) is 20.2 Å². The second-order valence-corrected chi connectivity index (χ2v) is 8.68. The number of benzene rings is 2. The van der Waals surface area contributed by atoms with Gasteiger partial charge in [-0.2, -0.15) is 0 Å². The molecule has 0 saturated heterocycles. The molecule has 10 nitrogen and oxygen atoms in total. The summed E-state index contributed by atoms with van der Waals surface area (Å²) < 4.78 is 8.24. The lowest BCUT2D eigenvalue weighted by Crippen LogP contribution is -2.40. The number of amides is 1. The first-order valence-electron chi connectivity index (χ1n) is 11.6. The minimum atomic E-state index is -0.483. The highest BCUT2D eigenvalue weighted by molar-refractivity contribution is 5.98. The molecule has 0 aliphatic carbocycles. The Morgan fingerprint density at radius 2 is 1.64 bits per heavy atom. The van der Waals surface area contributed by atoms with Crippen LogP contribution in [0.4, 0.5) is 17.1 Å². The van der Waals surface area contributed by atoms with Crippen LogP contribution in [-0.2, 0) is 25.4 Å². The van der Waals surface area contributed by atoms with Gasteiger partial charge in [-0.3, -0.25) is 14.4 Å². The first-order valence-corrected chi connectivity index (χ1v) is 11.6. The number of para-hydroxylation sites is 1. The fraction of sp³-hybridized carbons (Fsp3) is 0.346. The number of aromatic hydroxyl groups is 1. The Bertz CT molecular complexity index is 1330. The van der Waals surface area contributed by atoms with Crippen LogP contribution >= 0.6 is 0 Å². The largest absolute Gasteiger partial charge is 0.505 e. The molecule has 0 fully saturated rings. The van der Waals surface area contributed by atoms with Crippen molar-refractivity contribution < 1.29 is 14.6 Å². The van der Waals surface area contributed by atoms with Gasteiger partial charge in [0.1, 0.15) is 11.4 Å². The van der Waals surface area contributed by atoms with Crippen LogP contribution in [0.15, 0.2) is 58.1 Å². The van der Waals surface area contributed by atoms with Crippen molar-refractivity contribution in [3.63, 3.8) is 0 Å². The van der Waals surface area contributed by atoms with Crippen molar-refractivity contribution >= 4 is 23.0 Å². The van der Waals surface area contributed by atoms with Crippen LogP contribution in [0.1, 0.15) is 29.3 Å². The van der Waals surface area contributed by atoms with Gasteiger partial charge in [0.15, 0.2) is 5.75 Å². The summed E-state index contributed by atoms with van der Waals surface area (Å²) >= 11 is 0. The number of hydrogen-bond donors (Lipinski definition) is 3. The number of nitrogens with one attached hydrogen (secondary N) is 2. The fourth-order valence-electron chi connectivity index (χ4n) is 3.61. The molecule has 1 aromatic heterocycles. The van der Waals surface area contributed by atoms with Crippen LogP contribution in [0.5, 0.6) is 5.75 Å². The third-order valence-corrected chi connectivity index (χ3v) is 5.92. The number of rotatable bonds is 10. The molecular weight excluding hydrogens is 462 g/mol. The summed E-state index contributed by atoms with van der Waals surface area (Å²) in [4.78, 5) is 40.1. The zero-order valence-electron chi connectivity index (χ0n) is 21.2. The monoisotopic (exact) mass is 495 g/mol. The topological polar surface area (TPSA) is 118 Å². The van der Waals surface area contributed by atoms with Gasteiger partial charge in [0.05, 0.1) is 24.5 Å². The molecule has 0 saturated carbocycles. The lowest BCUT2D eigenvalue weighted by Gasteiger charge is -2.22. The molecule has 0 radical (unpaired) electrons. The van der Waals surface area contributed by atoms with Gasteiger partial charge in [-0.25, -0.2) is 9.36 Å². The average molecular weight is 496 g/mol. The minimum absolute atomic E-state index is 0.0353. The number of carbonyl (C=O) groups excluding carboxylic acids is 1. The molecular formula is C26H33N5O5. The average Bonchev–Trinajstić information content (AvgIpc) is 2.88. The van der Waals surface area contributed by atoms with E-state index in [0.29, 0.717) is 19.6 Å². The molecule has 2 aromatic carbocycles. The molecule has 0 aliphatic rings. The second-order valence-electron chi connectivity index (χ2n) is 8.68. The minimum Gasteiger partial charge on any atom is -0.505 e. The molecule has 192 valence electrons. The summed E-state index contributed by atoms with van der Waals surface area (Å²) in [5.74, 6) is -0.712. The van der Waals surface area contributed by atoms with Crippen molar-refractivity contribution in [2.75, 3.05) is 31.3 Å². The number of hydrogen-bond acceptors (Lipinski definition) is 7. The van der Waals surface area contributed by atoms with E-state index in [0.717, 1.165) is 5.56 Å². The maximum atomic E-state index is 13.2. The number of phenols is 1. The van der Waals surface area contributed by atoms with E-state index in [-0.39, 0.29) is 34.4 Å². The molecule has 3 rings (SSSR count). The molecule has 10 heteroatoms. The van der Waals surface area contributed by atoms with Crippen molar-refractivity contribution in [2.45, 2.75) is 26.0 Å². The van der Waals surface area contributed by atoms with E-state index in [2.05, 4.69) is 10.6 Å². The SMILES string of the molecule is CCC(COCc1ccccc1)Nc1c(Nc2cccc(C(=O)N(C)C)c2O)c(=O)n(C)n(C)c1=O. The van der Waals surface area contributed by atoms with Gasteiger partial charge in [0.25, 0.3) is 17.0 Å². The Balaban J connectivity index is 1.93. The Morgan fingerprint density at radius 1 is 1.00 bits per heavy atom. The molecule has 1 heterocycles. The zero-order valence-corrected chi connectivity index (χ0v) is 21.2. The van der Waals surface area contributed by atoms with Crippen LogP contribution in [-0.4, -0.2) is 52.0 Å². The van der Waals surface area contributed by atoms with Gasteiger partial charge < -0.3 is 25.4 Å². The van der Waals surface area contributed by atoms with Crippen LogP contribution < -0.4 is 21.8 Å². The van der Waals surface area contributed by atoms with Gasteiger partial charge in [-0.1, -0.05) is 43.3 Å². The maximum Gasteiger partial charge on any atom is 0.290 e. The third kappa shape index (κ3) is 5.77. The van der Waals surface area contributed by atoms with Gasteiger partial charge in [-0.15, -0.1) is 0 Å². The number of nitrogens with zero attached hydrogens (tertiary/aromatic N) is 3. The lowest BCUT2D eigenvalue weighted by molar-refractivity contribution is 0.0824. The van der Waals surface area contributed by atoms with Gasteiger partial charge in [0, 0.05) is 34.2 Å². The first kappa shape index (κ1) is 26.6. The van der Waals surface area contributed by atoms with Crippen molar-refractivity contribution in [3.05, 3.63) is 80.4 Å². The summed E-state index contributed by atoms with van der Waals surface area (Å²) in [5.41, 5.74) is 0.336. The summed E-state index contributed by atoms with van der Waals surface area (Å²) in [6.07, 6.45) is 0.630. The molecule has 3 aromatic rings. The molecule has 0 spiro atoms. The molecule has 3 N–H and O–H groups in total. The summed E-state index contributed by atoms with van der Waals surface area (Å²) in [5, 5.41) is 16.8. The quantitative estimate of drug-likeness (QED) is 0.370. The van der Waals surface area contributed by atoms with Crippen LogP contribution in [0.25, 0.3) is 0 Å². The summed E-state index contributed by atoms with van der Waals surface area (Å²) in [7, 11) is 6.13. The highest BCUT2D eigenvalue weighted by atomic mass is 16.5. The Morgan fingerprint density at radius 3 is 2.25 bits per heavy atom. The van der Waals surface area contributed by atoms with Crippen molar-refractivity contribution in [2.24, 2.45) is 14.1 Å². The number of aromatic nitrogens is 2. The second kappa shape index (κ2) is 11.6. The van der Waals surface area contributed by atoms with Gasteiger partial charge in [0.2, 0.25) is 0 Å². The van der Waals surface area contributed by atoms with E-state index < -0.39 is 17.0 Å². The van der Waals surface area contributed by atoms with E-state index in [4.69, 9.17) is 4.74 Å². The molecule has 1 amide bonds. The standard InChI is InChI=1S/C26H33N5O5/c1-6-18(16-36-15-17-11-8-7-9-12-17)27-21-22(26(35)31(5)30(4)25(21)34)28-20-14-10-13-19(23(20)32)24(33)29(2)3/h7-14,18,27-28,32H,6,15-16H2,1-5H3. The maximum absolute atomic E-state index is 13.2. The smallest absolute Gasteiger partial charge is 0.290 e. The normalized spacial score (nSPS) is 11.7. The van der Waals surface area contributed by atoms with Gasteiger partial charge in [-0.05, 0) is 24.1 Å². The van der Waals surface area contributed by atoms with Crippen molar-refractivity contribution in [3.8, 4) is 5.75 Å². The van der Waals surface area contributed by atoms with E-state index in [9.17, 15) is 19.5 Å². The van der Waals surface area contributed by atoms with Crippen molar-refractivity contribution in [1.29, 1.82) is 0 Å². The lowest BCUT2D eigenvalue weighted by atomic mass is 10.1. The van der Waals surface area contributed by atoms with E-state index in [1.165, 1.54) is 40.5 Å². The summed E-state index contributed by atoms with van der Waals surface area (Å²) in [6.45, 7) is 2.67. The number of ether oxygens (including phenoxy) is 1. The fourth-order valence-corrected chi connectivity index (χ4v) is 3.61. The van der Waals surface area contributed by atoms with E-state index >= 15 is 0 Å². The Labute approximate surface area is 209 Å². The van der Waals surface area contributed by atoms with Crippen LogP contribution in [0.2, 0.25) is 0 Å². The highest BCUT2D eigenvalue weighted by Gasteiger charge is 2.22. The Kier molecular flexibility index (Phi) is 8.55. The predicted octanol–water partition coefficient (Wildman–Crippen LogP) is 2.64. The molecule has 0 bridgehead atoms. The zero-order chi connectivity index (χ0) is 26.4. The van der Waals surface area contributed by atoms with Gasteiger partial charge >= 0.3 is 0 Å². The highest BCUT2D eigenvalue weighted by Crippen LogP contribution is 2.31. The van der Waals surface area contributed by atoms with Crippen molar-refractivity contribution in [1.82, 2.24) is 14.3 Å². The number of phenolic OH excluding ortho intramolecular Hbond substituents is 1. The Hall–Kier alpha value is -4.05. The predicted molar refractivity (Wildman–Crippen MR) is 140 cm³/mol. The first-order chi connectivity index (χ1) is 17.1. The third-order valence-electron chi connectivity index (χ3n) is 5.92. The molecule has 1 atom stereocenters. The summed E-state index contributed by atoms with van der Waals surface area (Å²) in [6, 6.07) is 14.1. The molecule has 1 unspecified atom stereocenters. The molecule has 0 aliphatic heterocycles. The number of carbonyl (C=O) groups is 1. The molecule has 36 heavy (non-hydrogen) atoms. The van der Waals surface area contributed by atoms with Crippen LogP contribution in [0.3, 0.4) is 0 Å². The number of anilines is 3. The van der Waals surface area contributed by atoms with E-state index in [1.807, 2.05) is 37.3 Å².